The van der Waals surface area contributed by atoms with E-state index in [1.165, 1.54) is 77.2 Å². The van der Waals surface area contributed by atoms with E-state index in [2.05, 4.69) is 199 Å². The summed E-state index contributed by atoms with van der Waals surface area (Å²) in [6.07, 6.45) is 1.94. The molecule has 0 saturated carbocycles. The van der Waals surface area contributed by atoms with Crippen molar-refractivity contribution in [3.8, 4) is 73.4 Å². The molecule has 1 spiro atoms. The average Bonchev–Trinajstić information content (AvgIpc) is 4.03. The summed E-state index contributed by atoms with van der Waals surface area (Å²) in [4.78, 5) is 20.9. The summed E-state index contributed by atoms with van der Waals surface area (Å²) < 4.78 is 2.26. The first kappa shape index (κ1) is 38.8. The standard InChI is InChI=1S/C65H39N5/c1-4-19-40(20-5-1)59-46-27-10-12-29-48(46)60(49-30-13-11-28-47(49)59)43-34-35-50-55(37-43)65(54-32-18-36-66-61(50)54)53-31-16-14-25-44(53)51-38-52-45-26-15-17-33-57(45)70(58(52)39-56(51)65)64-68-62(41-21-6-2-7-22-41)67-63(69-64)42-23-8-3-9-24-42/h1-39H. The van der Waals surface area contributed by atoms with E-state index in [1.54, 1.807) is 0 Å². The molecule has 0 radical (unpaired) electrons. The number of nitrogens with zero attached hydrogens (tertiary/aromatic N) is 5. The lowest BCUT2D eigenvalue weighted by atomic mass is 9.70. The summed E-state index contributed by atoms with van der Waals surface area (Å²) >= 11 is 0. The highest BCUT2D eigenvalue weighted by molar-refractivity contribution is 6.21. The van der Waals surface area contributed by atoms with Crippen molar-refractivity contribution in [1.82, 2.24) is 24.5 Å². The number of rotatable bonds is 5. The highest BCUT2D eigenvalue weighted by Crippen LogP contribution is 2.64. The Labute approximate surface area is 403 Å². The van der Waals surface area contributed by atoms with Gasteiger partial charge < -0.3 is 0 Å². The molecule has 2 aliphatic rings. The number of hydrogen-bond donors (Lipinski definition) is 0. The van der Waals surface area contributed by atoms with Crippen LogP contribution < -0.4 is 0 Å². The first-order valence-electron chi connectivity index (χ1n) is 23.9. The third-order valence-corrected chi connectivity index (χ3v) is 14.9. The zero-order valence-electron chi connectivity index (χ0n) is 37.8. The third kappa shape index (κ3) is 5.37. The van der Waals surface area contributed by atoms with Crippen molar-refractivity contribution in [1.29, 1.82) is 0 Å². The third-order valence-electron chi connectivity index (χ3n) is 14.9. The van der Waals surface area contributed by atoms with E-state index in [0.717, 1.165) is 44.2 Å². The van der Waals surface area contributed by atoms with E-state index in [0.29, 0.717) is 17.6 Å². The lowest BCUT2D eigenvalue weighted by Crippen LogP contribution is -2.26. The summed E-state index contributed by atoms with van der Waals surface area (Å²) in [5.74, 6) is 1.81. The van der Waals surface area contributed by atoms with Crippen LogP contribution in [0.15, 0.2) is 237 Å². The molecule has 0 aliphatic heterocycles. The van der Waals surface area contributed by atoms with Crippen LogP contribution >= 0.6 is 0 Å². The Morgan fingerprint density at radius 2 is 0.843 bits per heavy atom. The van der Waals surface area contributed by atoms with Crippen LogP contribution in [0.4, 0.5) is 0 Å². The zero-order valence-corrected chi connectivity index (χ0v) is 37.8. The number of hydrogen-bond acceptors (Lipinski definition) is 4. The number of benzene rings is 10. The van der Waals surface area contributed by atoms with Crippen molar-refractivity contribution in [2.45, 2.75) is 5.41 Å². The molecule has 2 aliphatic carbocycles. The predicted octanol–water partition coefficient (Wildman–Crippen LogP) is 15.7. The van der Waals surface area contributed by atoms with Crippen LogP contribution in [0.5, 0.6) is 0 Å². The molecule has 5 heteroatoms. The molecule has 0 fully saturated rings. The maximum atomic E-state index is 5.32. The molecule has 15 rings (SSSR count). The highest BCUT2D eigenvalue weighted by atomic mass is 15.2. The Bertz CT molecular complexity index is 4180. The van der Waals surface area contributed by atoms with Gasteiger partial charge in [-0.1, -0.05) is 200 Å². The topological polar surface area (TPSA) is 56.5 Å². The van der Waals surface area contributed by atoms with Crippen LogP contribution in [-0.4, -0.2) is 24.5 Å². The maximum Gasteiger partial charge on any atom is 0.238 e. The highest BCUT2D eigenvalue weighted by Gasteiger charge is 2.52. The van der Waals surface area contributed by atoms with Gasteiger partial charge in [-0.15, -0.1) is 0 Å². The summed E-state index contributed by atoms with van der Waals surface area (Å²) in [5, 5.41) is 7.19. The normalized spacial score (nSPS) is 14.3. The van der Waals surface area contributed by atoms with Crippen LogP contribution in [0.25, 0.3) is 117 Å². The van der Waals surface area contributed by atoms with Gasteiger partial charge in [0.2, 0.25) is 5.95 Å². The van der Waals surface area contributed by atoms with Gasteiger partial charge in [0.15, 0.2) is 11.6 Å². The van der Waals surface area contributed by atoms with Gasteiger partial charge in [-0.05, 0) is 108 Å². The van der Waals surface area contributed by atoms with Crippen molar-refractivity contribution in [3.05, 3.63) is 259 Å². The summed E-state index contributed by atoms with van der Waals surface area (Å²) in [7, 11) is 0. The first-order chi connectivity index (χ1) is 34.7. The number of para-hydroxylation sites is 1. The molecular weight excluding hydrogens is 851 g/mol. The molecule has 1 unspecified atom stereocenters. The Kier molecular flexibility index (Phi) is 8.21. The predicted molar refractivity (Wildman–Crippen MR) is 285 cm³/mol. The van der Waals surface area contributed by atoms with Crippen molar-refractivity contribution in [2.75, 3.05) is 0 Å². The van der Waals surface area contributed by atoms with Crippen molar-refractivity contribution in [2.24, 2.45) is 0 Å². The van der Waals surface area contributed by atoms with Gasteiger partial charge in [-0.3, -0.25) is 9.55 Å². The van der Waals surface area contributed by atoms with Gasteiger partial charge >= 0.3 is 0 Å². The molecule has 70 heavy (non-hydrogen) atoms. The fourth-order valence-electron chi connectivity index (χ4n) is 12.1. The second-order valence-corrected chi connectivity index (χ2v) is 18.4. The maximum absolute atomic E-state index is 5.32. The van der Waals surface area contributed by atoms with Gasteiger partial charge in [-0.2, -0.15) is 9.97 Å². The van der Waals surface area contributed by atoms with Crippen molar-refractivity contribution < 1.29 is 0 Å². The molecule has 324 valence electrons. The van der Waals surface area contributed by atoms with E-state index in [-0.39, 0.29) is 0 Å². The van der Waals surface area contributed by atoms with Crippen LogP contribution in [0.1, 0.15) is 22.3 Å². The Morgan fingerprint density at radius 1 is 0.314 bits per heavy atom. The minimum Gasteiger partial charge on any atom is -0.278 e. The largest absolute Gasteiger partial charge is 0.278 e. The average molecular weight is 890 g/mol. The van der Waals surface area contributed by atoms with E-state index in [4.69, 9.17) is 19.9 Å². The molecule has 0 N–H and O–H groups in total. The molecule has 0 bridgehead atoms. The smallest absolute Gasteiger partial charge is 0.238 e. The number of aromatic nitrogens is 5. The van der Waals surface area contributed by atoms with Crippen LogP contribution in [0.3, 0.4) is 0 Å². The van der Waals surface area contributed by atoms with Gasteiger partial charge in [0, 0.05) is 33.7 Å². The van der Waals surface area contributed by atoms with Crippen molar-refractivity contribution in [3.63, 3.8) is 0 Å². The SMILES string of the molecule is c1ccc(-c2nc(-c3ccccc3)nc(-n3c4ccccc4c4cc5c(cc43)C3(c4ccccc4-5)c4cc(-c5c6ccccc6c(-c6ccccc6)c6ccccc56)ccc4-c4ncccc43)n2)cc1. The Hall–Kier alpha value is -9.32. The molecule has 0 amide bonds. The van der Waals surface area contributed by atoms with Crippen molar-refractivity contribution >= 4 is 43.4 Å². The molecule has 3 aromatic heterocycles. The fourth-order valence-corrected chi connectivity index (χ4v) is 12.1. The number of fused-ring (bicyclic) bond motifs is 15. The zero-order chi connectivity index (χ0) is 45.9. The molecular formula is C65H39N5. The second-order valence-electron chi connectivity index (χ2n) is 18.4. The van der Waals surface area contributed by atoms with Gasteiger partial charge in [0.05, 0.1) is 22.1 Å². The molecule has 13 aromatic rings. The van der Waals surface area contributed by atoms with E-state index < -0.39 is 5.41 Å². The lowest BCUT2D eigenvalue weighted by Gasteiger charge is -2.30. The quantitative estimate of drug-likeness (QED) is 0.162. The fraction of sp³-hybridized carbons (Fsp3) is 0.0154. The minimum absolute atomic E-state index is 0.567. The van der Waals surface area contributed by atoms with E-state index in [9.17, 15) is 0 Å². The molecule has 1 atom stereocenters. The minimum atomic E-state index is -0.685. The summed E-state index contributed by atoms with van der Waals surface area (Å²) in [6, 6.07) is 83.2. The Morgan fingerprint density at radius 3 is 1.50 bits per heavy atom. The molecule has 0 saturated heterocycles. The number of pyridine rings is 1. The first-order valence-corrected chi connectivity index (χ1v) is 23.9. The van der Waals surface area contributed by atoms with Gasteiger partial charge in [0.25, 0.3) is 0 Å². The van der Waals surface area contributed by atoms with E-state index >= 15 is 0 Å². The van der Waals surface area contributed by atoms with Crippen LogP contribution in [0.2, 0.25) is 0 Å². The van der Waals surface area contributed by atoms with Crippen LogP contribution in [-0.2, 0) is 5.41 Å². The molecule has 5 nitrogen and oxygen atoms in total. The van der Waals surface area contributed by atoms with E-state index in [1.807, 2.05) is 42.6 Å². The monoisotopic (exact) mass is 889 g/mol. The molecule has 10 aromatic carbocycles. The Balaban J connectivity index is 1.03. The lowest BCUT2D eigenvalue weighted by molar-refractivity contribution is 0.792. The summed E-state index contributed by atoms with van der Waals surface area (Å²) in [6.45, 7) is 0. The molecule has 3 heterocycles. The van der Waals surface area contributed by atoms with Gasteiger partial charge in [-0.25, -0.2) is 4.98 Å². The van der Waals surface area contributed by atoms with Gasteiger partial charge in [0.1, 0.15) is 0 Å². The summed E-state index contributed by atoms with van der Waals surface area (Å²) in [5.41, 5.74) is 17.6. The second kappa shape index (κ2) is 14.8. The van der Waals surface area contributed by atoms with Crippen LogP contribution in [0, 0.1) is 0 Å².